The van der Waals surface area contributed by atoms with Gasteiger partial charge in [-0.1, -0.05) is 31.1 Å². The van der Waals surface area contributed by atoms with Crippen molar-refractivity contribution in [1.29, 1.82) is 0 Å². The number of hydrogen-bond donors (Lipinski definition) is 1. The number of phenolic OH excluding ortho intramolecular Hbond substituents is 1. The highest BCUT2D eigenvalue weighted by Crippen LogP contribution is 2.50. The molecule has 0 aromatic heterocycles. The Morgan fingerprint density at radius 2 is 1.88 bits per heavy atom. The molecule has 0 radical (unpaired) electrons. The lowest BCUT2D eigenvalue weighted by Gasteiger charge is -2.31. The summed E-state index contributed by atoms with van der Waals surface area (Å²) in [5.74, 6) is -1.67. The zero-order valence-electron chi connectivity index (χ0n) is 24.6. The number of anilines is 1. The van der Waals surface area contributed by atoms with Gasteiger partial charge in [-0.15, -0.1) is 0 Å². The van der Waals surface area contributed by atoms with Gasteiger partial charge in [-0.05, 0) is 85.6 Å². The van der Waals surface area contributed by atoms with Gasteiger partial charge in [0.25, 0.3) is 5.69 Å². The second kappa shape index (κ2) is 12.2. The molecule has 42 heavy (non-hydrogen) atoms. The minimum atomic E-state index is -0.564. The van der Waals surface area contributed by atoms with E-state index in [4.69, 9.17) is 9.47 Å². The van der Waals surface area contributed by atoms with Crippen LogP contribution in [0.3, 0.4) is 0 Å². The van der Waals surface area contributed by atoms with Gasteiger partial charge in [0, 0.05) is 25.2 Å². The second-order valence-electron chi connectivity index (χ2n) is 11.6. The lowest BCUT2D eigenvalue weighted by atomic mass is 9.69. The summed E-state index contributed by atoms with van der Waals surface area (Å²) in [4.78, 5) is 39.3. The molecule has 9 nitrogen and oxygen atoms in total. The number of carbonyl (C=O) groups is 2. The Kier molecular flexibility index (Phi) is 8.61. The number of benzene rings is 2. The largest absolute Gasteiger partial charge is 0.507 e. The van der Waals surface area contributed by atoms with Crippen LogP contribution in [-0.2, 0) is 19.1 Å². The molecule has 2 fully saturated rings. The number of amides is 2. The van der Waals surface area contributed by atoms with Crippen LogP contribution in [0.5, 0.6) is 5.75 Å². The minimum absolute atomic E-state index is 0.167. The SMILES string of the molecule is CCC/C(=C\c1cc(C)c(O)c(C)c1)CC[C@H]1OC[C@H]2C1=C(COC)C[C@H]1C(=O)N(c3cccc([N+](=O)[O-])c3)C(=O)[C@H]12. The molecule has 0 unspecified atom stereocenters. The summed E-state index contributed by atoms with van der Waals surface area (Å²) in [6.07, 6.45) is 5.93. The van der Waals surface area contributed by atoms with Crippen LogP contribution < -0.4 is 4.90 Å². The highest BCUT2D eigenvalue weighted by atomic mass is 16.6. The number of ether oxygens (including phenoxy) is 2. The predicted octanol–water partition coefficient (Wildman–Crippen LogP) is 6.05. The Balaban J connectivity index is 1.39. The quantitative estimate of drug-likeness (QED) is 0.159. The van der Waals surface area contributed by atoms with Gasteiger partial charge in [0.15, 0.2) is 0 Å². The maximum Gasteiger partial charge on any atom is 0.271 e. The Bertz CT molecular complexity index is 1450. The summed E-state index contributed by atoms with van der Waals surface area (Å²) in [5, 5.41) is 21.5. The van der Waals surface area contributed by atoms with E-state index in [2.05, 4.69) is 13.0 Å². The molecule has 4 atom stereocenters. The van der Waals surface area contributed by atoms with E-state index in [9.17, 15) is 24.8 Å². The van der Waals surface area contributed by atoms with Gasteiger partial charge in [0.05, 0.1) is 41.8 Å². The van der Waals surface area contributed by atoms with E-state index in [0.717, 1.165) is 58.4 Å². The van der Waals surface area contributed by atoms with E-state index in [-0.39, 0.29) is 35.2 Å². The number of fused-ring (bicyclic) bond motifs is 3. The van der Waals surface area contributed by atoms with Gasteiger partial charge in [0.1, 0.15) is 5.75 Å². The number of nitrogens with zero attached hydrogens (tertiary/aromatic N) is 2. The van der Waals surface area contributed by atoms with Gasteiger partial charge in [-0.3, -0.25) is 19.7 Å². The number of nitro benzene ring substituents is 1. The number of carbonyl (C=O) groups excluding carboxylic acids is 2. The third kappa shape index (κ3) is 5.51. The molecule has 222 valence electrons. The predicted molar refractivity (Wildman–Crippen MR) is 159 cm³/mol. The van der Waals surface area contributed by atoms with Crippen molar-refractivity contribution >= 4 is 29.3 Å². The van der Waals surface area contributed by atoms with Crippen LogP contribution in [0.1, 0.15) is 55.7 Å². The summed E-state index contributed by atoms with van der Waals surface area (Å²) in [5.41, 5.74) is 6.20. The Morgan fingerprint density at radius 3 is 2.55 bits per heavy atom. The van der Waals surface area contributed by atoms with Crippen molar-refractivity contribution in [3.63, 3.8) is 0 Å². The van der Waals surface area contributed by atoms with Crippen LogP contribution >= 0.6 is 0 Å². The van der Waals surface area contributed by atoms with Gasteiger partial charge >= 0.3 is 0 Å². The number of non-ortho nitro benzene ring substituents is 1. The number of rotatable bonds is 10. The molecule has 2 aliphatic heterocycles. The van der Waals surface area contributed by atoms with Gasteiger partial charge in [0.2, 0.25) is 11.8 Å². The average molecular weight is 575 g/mol. The van der Waals surface area contributed by atoms with Crippen molar-refractivity contribution in [2.75, 3.05) is 25.2 Å². The Labute approximate surface area is 246 Å². The standard InChI is InChI=1S/C33H38N2O7/c1-5-7-21(14-22-12-19(2)31(36)20(3)13-22)10-11-28-29-23(17-41-4)15-26-30(27(29)18-42-28)33(38)34(32(26)37)24-8-6-9-25(16-24)35(39)40/h6,8-9,12-14,16,26-28,30,36H,5,7,10-11,15,17-18H2,1-4H3/b21-14+/t26-,27+,28-,30-/m1/s1. The summed E-state index contributed by atoms with van der Waals surface area (Å²) < 4.78 is 11.9. The molecule has 0 bridgehead atoms. The van der Waals surface area contributed by atoms with Crippen LogP contribution in [0.25, 0.3) is 6.08 Å². The molecule has 1 N–H and O–H groups in total. The number of aryl methyl sites for hydroxylation is 2. The summed E-state index contributed by atoms with van der Waals surface area (Å²) in [6, 6.07) is 9.68. The van der Waals surface area contributed by atoms with Crippen molar-refractivity contribution in [2.24, 2.45) is 17.8 Å². The highest BCUT2D eigenvalue weighted by Gasteiger charge is 2.57. The van der Waals surface area contributed by atoms with E-state index in [0.29, 0.717) is 25.4 Å². The minimum Gasteiger partial charge on any atom is -0.507 e. The summed E-state index contributed by atoms with van der Waals surface area (Å²) >= 11 is 0. The molecule has 2 amide bonds. The lowest BCUT2D eigenvalue weighted by Crippen LogP contribution is -2.35. The van der Waals surface area contributed by atoms with Crippen molar-refractivity contribution in [2.45, 2.75) is 59.0 Å². The van der Waals surface area contributed by atoms with Crippen molar-refractivity contribution < 1.29 is 29.1 Å². The number of methoxy groups -OCH3 is 1. The summed E-state index contributed by atoms with van der Waals surface area (Å²) in [7, 11) is 1.63. The maximum absolute atomic E-state index is 13.8. The zero-order valence-corrected chi connectivity index (χ0v) is 24.6. The fourth-order valence-corrected chi connectivity index (χ4v) is 7.00. The van der Waals surface area contributed by atoms with E-state index < -0.39 is 16.8 Å². The first-order valence-corrected chi connectivity index (χ1v) is 14.6. The molecule has 9 heteroatoms. The van der Waals surface area contributed by atoms with Gasteiger partial charge in [-0.25, -0.2) is 4.90 Å². The smallest absolute Gasteiger partial charge is 0.271 e. The van der Waals surface area contributed by atoms with E-state index in [1.54, 1.807) is 13.2 Å². The first-order valence-electron chi connectivity index (χ1n) is 14.6. The lowest BCUT2D eigenvalue weighted by molar-refractivity contribution is -0.384. The van der Waals surface area contributed by atoms with Gasteiger partial charge in [-0.2, -0.15) is 0 Å². The Morgan fingerprint density at radius 1 is 1.14 bits per heavy atom. The third-order valence-corrected chi connectivity index (χ3v) is 8.81. The topological polar surface area (TPSA) is 119 Å². The molecule has 2 heterocycles. The van der Waals surface area contributed by atoms with Crippen molar-refractivity contribution in [3.8, 4) is 5.75 Å². The molecule has 0 spiro atoms. The monoisotopic (exact) mass is 574 g/mol. The Hall–Kier alpha value is -3.82. The zero-order chi connectivity index (χ0) is 30.1. The average Bonchev–Trinajstić information content (AvgIpc) is 3.49. The molecule has 5 rings (SSSR count). The molecule has 2 saturated heterocycles. The number of phenols is 1. The number of aromatic hydroxyl groups is 1. The first-order chi connectivity index (χ1) is 20.1. The number of allylic oxidation sites excluding steroid dienone is 1. The van der Waals surface area contributed by atoms with E-state index >= 15 is 0 Å². The number of nitro groups is 1. The number of hydrogen-bond acceptors (Lipinski definition) is 7. The molecule has 1 aliphatic carbocycles. The van der Waals surface area contributed by atoms with Crippen molar-refractivity contribution in [1.82, 2.24) is 0 Å². The second-order valence-corrected chi connectivity index (χ2v) is 11.6. The van der Waals surface area contributed by atoms with Crippen LogP contribution in [0.15, 0.2) is 53.1 Å². The molecule has 3 aliphatic rings. The number of imide groups is 1. The van der Waals surface area contributed by atoms with Crippen LogP contribution in [-0.4, -0.2) is 48.3 Å². The highest BCUT2D eigenvalue weighted by molar-refractivity contribution is 6.22. The molecule has 0 saturated carbocycles. The third-order valence-electron chi connectivity index (χ3n) is 8.81. The molecule has 2 aromatic carbocycles. The van der Waals surface area contributed by atoms with E-state index in [1.807, 2.05) is 26.0 Å². The maximum atomic E-state index is 13.8. The molecule has 2 aromatic rings. The van der Waals surface area contributed by atoms with Gasteiger partial charge < -0.3 is 14.6 Å². The fraction of sp³-hybridized carbons (Fsp3) is 0.455. The van der Waals surface area contributed by atoms with E-state index in [1.165, 1.54) is 23.8 Å². The van der Waals surface area contributed by atoms with Crippen LogP contribution in [0.2, 0.25) is 0 Å². The fourth-order valence-electron chi connectivity index (χ4n) is 7.00. The summed E-state index contributed by atoms with van der Waals surface area (Å²) in [6.45, 7) is 6.66. The normalized spacial score (nSPS) is 23.9. The van der Waals surface area contributed by atoms with Crippen LogP contribution in [0.4, 0.5) is 11.4 Å². The molecular formula is C33H38N2O7. The van der Waals surface area contributed by atoms with Crippen LogP contribution in [0, 0.1) is 41.7 Å². The molecular weight excluding hydrogens is 536 g/mol. The van der Waals surface area contributed by atoms with Crippen molar-refractivity contribution in [3.05, 3.63) is 79.9 Å². The first kappa shape index (κ1) is 29.7.